The summed E-state index contributed by atoms with van der Waals surface area (Å²) in [6.07, 6.45) is 9.86. The van der Waals surface area contributed by atoms with E-state index in [4.69, 9.17) is 5.11 Å². The molecular weight excluding hydrogens is 352 g/mol. The predicted octanol–water partition coefficient (Wildman–Crippen LogP) is 4.87. The van der Waals surface area contributed by atoms with E-state index < -0.39 is 5.97 Å². The van der Waals surface area contributed by atoms with Crippen molar-refractivity contribution in [3.05, 3.63) is 0 Å². The van der Waals surface area contributed by atoms with Gasteiger partial charge in [0, 0.05) is 6.42 Å². The van der Waals surface area contributed by atoms with E-state index in [1.165, 1.54) is 25.7 Å². The molecule has 3 rings (SSSR count). The number of fused-ring (bicyclic) bond motifs is 3. The lowest BCUT2D eigenvalue weighted by Crippen LogP contribution is -2.49. The average molecular weight is 395 g/mol. The maximum Gasteiger partial charge on any atom is 0.303 e. The molecule has 28 heavy (non-hydrogen) atoms. The van der Waals surface area contributed by atoms with Crippen molar-refractivity contribution in [1.29, 1.82) is 0 Å². The topological polar surface area (TPSA) is 77.8 Å². The van der Waals surface area contributed by atoms with Gasteiger partial charge in [0.15, 0.2) is 0 Å². The highest BCUT2D eigenvalue weighted by molar-refractivity contribution is 5.66. The highest BCUT2D eigenvalue weighted by Gasteiger charge is 2.56. The van der Waals surface area contributed by atoms with Crippen LogP contribution in [0.2, 0.25) is 0 Å². The zero-order valence-corrected chi connectivity index (χ0v) is 18.1. The minimum atomic E-state index is -0.686. The Hall–Kier alpha value is -0.610. The standard InChI is InChI=1S/C24H42O4/c1-15-7-9-17(25)5-4-6-21(26)23-18(15)13-14-24(3)19(10-11-20(23)24)16(2)8-12-22(27)28/h15-21,23,25-26H,4-14H2,1-3H3,(H,27,28)/t15-,16?,17-,18+,19+,20-,21-,23+,24+/m0/s1. The molecule has 0 radical (unpaired) electrons. The van der Waals surface area contributed by atoms with Crippen LogP contribution >= 0.6 is 0 Å². The van der Waals surface area contributed by atoms with Crippen molar-refractivity contribution in [1.82, 2.24) is 0 Å². The lowest BCUT2D eigenvalue weighted by Gasteiger charge is -2.53. The van der Waals surface area contributed by atoms with E-state index in [1.54, 1.807) is 0 Å². The molecule has 3 N–H and O–H groups in total. The Bertz CT molecular complexity index is 535. The van der Waals surface area contributed by atoms with Crippen LogP contribution in [0.3, 0.4) is 0 Å². The number of aliphatic carboxylic acids is 1. The minimum Gasteiger partial charge on any atom is -0.481 e. The number of carboxylic acids is 1. The summed E-state index contributed by atoms with van der Waals surface area (Å²) in [5.41, 5.74) is 0.240. The fourth-order valence-corrected chi connectivity index (χ4v) is 7.54. The number of aliphatic hydroxyl groups excluding tert-OH is 2. The number of rotatable bonds is 4. The van der Waals surface area contributed by atoms with E-state index in [1.807, 2.05) is 0 Å². The zero-order chi connectivity index (χ0) is 20.5. The van der Waals surface area contributed by atoms with E-state index >= 15 is 0 Å². The first-order valence-electron chi connectivity index (χ1n) is 11.8. The van der Waals surface area contributed by atoms with Gasteiger partial charge in [0.2, 0.25) is 0 Å². The molecule has 0 amide bonds. The molecule has 9 atom stereocenters. The summed E-state index contributed by atoms with van der Waals surface area (Å²) >= 11 is 0. The van der Waals surface area contributed by atoms with Crippen molar-refractivity contribution in [2.24, 2.45) is 40.9 Å². The van der Waals surface area contributed by atoms with Gasteiger partial charge < -0.3 is 15.3 Å². The van der Waals surface area contributed by atoms with Crippen molar-refractivity contribution < 1.29 is 20.1 Å². The van der Waals surface area contributed by atoms with Crippen LogP contribution in [0.5, 0.6) is 0 Å². The molecule has 3 fully saturated rings. The SMILES string of the molecule is CC(CCC(=O)O)[C@H]1CC[C@H]2[C@H]3[C@H](CC[C@]12C)[C@@H](C)CC[C@@H](O)CCC[C@@H]3O. The van der Waals surface area contributed by atoms with Crippen molar-refractivity contribution in [2.75, 3.05) is 0 Å². The molecule has 0 aromatic carbocycles. The van der Waals surface area contributed by atoms with Crippen molar-refractivity contribution in [3.63, 3.8) is 0 Å². The van der Waals surface area contributed by atoms with Gasteiger partial charge in [-0.3, -0.25) is 4.79 Å². The zero-order valence-electron chi connectivity index (χ0n) is 18.1. The van der Waals surface area contributed by atoms with Gasteiger partial charge in [0.05, 0.1) is 12.2 Å². The largest absolute Gasteiger partial charge is 0.481 e. The molecule has 0 spiro atoms. The monoisotopic (exact) mass is 394 g/mol. The molecule has 4 nitrogen and oxygen atoms in total. The number of hydrogen-bond acceptors (Lipinski definition) is 3. The molecule has 0 heterocycles. The van der Waals surface area contributed by atoms with Gasteiger partial charge >= 0.3 is 5.97 Å². The number of hydrogen-bond donors (Lipinski definition) is 3. The molecule has 0 saturated heterocycles. The molecule has 3 aliphatic carbocycles. The van der Waals surface area contributed by atoms with Crippen molar-refractivity contribution in [3.8, 4) is 0 Å². The maximum absolute atomic E-state index is 11.2. The van der Waals surface area contributed by atoms with Gasteiger partial charge in [-0.05, 0) is 105 Å². The molecule has 162 valence electrons. The molecule has 0 aromatic rings. The van der Waals surface area contributed by atoms with Crippen LogP contribution in [-0.2, 0) is 4.79 Å². The normalized spacial score (nSPS) is 45.7. The second-order valence-electron chi connectivity index (χ2n) is 10.7. The summed E-state index contributed by atoms with van der Waals surface area (Å²) < 4.78 is 0. The Balaban J connectivity index is 1.79. The Morgan fingerprint density at radius 2 is 1.82 bits per heavy atom. The molecule has 0 bridgehead atoms. The third-order valence-electron chi connectivity index (χ3n) is 9.13. The summed E-state index contributed by atoms with van der Waals surface area (Å²) in [6, 6.07) is 0. The van der Waals surface area contributed by atoms with Crippen molar-refractivity contribution >= 4 is 5.97 Å². The predicted molar refractivity (Wildman–Crippen MR) is 111 cm³/mol. The molecule has 4 heteroatoms. The van der Waals surface area contributed by atoms with E-state index in [-0.39, 0.29) is 24.0 Å². The molecule has 3 saturated carbocycles. The maximum atomic E-state index is 11.2. The van der Waals surface area contributed by atoms with Gasteiger partial charge in [-0.25, -0.2) is 0 Å². The summed E-state index contributed by atoms with van der Waals surface area (Å²) in [5, 5.41) is 30.5. The van der Waals surface area contributed by atoms with Crippen molar-refractivity contribution in [2.45, 2.75) is 104 Å². The lowest BCUT2D eigenvalue weighted by molar-refractivity contribution is -0.137. The fraction of sp³-hybridized carbons (Fsp3) is 0.958. The Morgan fingerprint density at radius 3 is 2.54 bits per heavy atom. The van der Waals surface area contributed by atoms with E-state index in [0.717, 1.165) is 38.5 Å². The van der Waals surface area contributed by atoms with E-state index in [9.17, 15) is 15.0 Å². The number of carboxylic acid groups (broad SMARTS) is 1. The molecule has 0 aliphatic heterocycles. The van der Waals surface area contributed by atoms with Gasteiger partial charge in [-0.1, -0.05) is 20.8 Å². The van der Waals surface area contributed by atoms with Gasteiger partial charge in [-0.15, -0.1) is 0 Å². The molecule has 0 aromatic heterocycles. The van der Waals surface area contributed by atoms with Crippen LogP contribution in [0.15, 0.2) is 0 Å². The van der Waals surface area contributed by atoms with Crippen LogP contribution in [0.1, 0.15) is 91.4 Å². The van der Waals surface area contributed by atoms with Gasteiger partial charge in [-0.2, -0.15) is 0 Å². The van der Waals surface area contributed by atoms with Crippen LogP contribution in [0.4, 0.5) is 0 Å². The Kier molecular flexibility index (Phi) is 7.13. The molecule has 1 unspecified atom stereocenters. The minimum absolute atomic E-state index is 0.203. The van der Waals surface area contributed by atoms with Crippen LogP contribution in [-0.4, -0.2) is 33.5 Å². The van der Waals surface area contributed by atoms with Crippen LogP contribution in [0.25, 0.3) is 0 Å². The Morgan fingerprint density at radius 1 is 1.07 bits per heavy atom. The smallest absolute Gasteiger partial charge is 0.303 e. The van der Waals surface area contributed by atoms with Gasteiger partial charge in [0.1, 0.15) is 0 Å². The summed E-state index contributed by atoms with van der Waals surface area (Å²) in [4.78, 5) is 11.1. The Labute approximate surface area is 171 Å². The second-order valence-corrected chi connectivity index (χ2v) is 10.7. The summed E-state index contributed by atoms with van der Waals surface area (Å²) in [7, 11) is 0. The third kappa shape index (κ3) is 4.43. The summed E-state index contributed by atoms with van der Waals surface area (Å²) in [6.45, 7) is 7.03. The summed E-state index contributed by atoms with van der Waals surface area (Å²) in [5.74, 6) is 2.39. The number of aliphatic hydroxyl groups is 2. The third-order valence-corrected chi connectivity index (χ3v) is 9.13. The molecule has 3 aliphatic rings. The second kappa shape index (κ2) is 9.04. The van der Waals surface area contributed by atoms with Crippen LogP contribution in [0, 0.1) is 40.9 Å². The van der Waals surface area contributed by atoms with Crippen LogP contribution < -0.4 is 0 Å². The first-order valence-corrected chi connectivity index (χ1v) is 11.8. The lowest BCUT2D eigenvalue weighted by atomic mass is 9.53. The highest BCUT2D eigenvalue weighted by Crippen LogP contribution is 2.63. The first kappa shape index (κ1) is 22.1. The number of carbonyl (C=O) groups is 1. The highest BCUT2D eigenvalue weighted by atomic mass is 16.4. The fourth-order valence-electron chi connectivity index (χ4n) is 7.54. The average Bonchev–Trinajstić information content (AvgIpc) is 2.99. The van der Waals surface area contributed by atoms with E-state index in [2.05, 4.69) is 20.8 Å². The molecular formula is C24H42O4. The quantitative estimate of drug-likeness (QED) is 0.636. The van der Waals surface area contributed by atoms with E-state index in [0.29, 0.717) is 35.5 Å². The first-order chi connectivity index (χ1) is 13.2. The van der Waals surface area contributed by atoms with Gasteiger partial charge in [0.25, 0.3) is 0 Å².